The van der Waals surface area contributed by atoms with Crippen LogP contribution in [0.4, 0.5) is 10.8 Å². The van der Waals surface area contributed by atoms with E-state index in [0.29, 0.717) is 11.6 Å². The maximum atomic E-state index is 11.9. The zero-order valence-corrected chi connectivity index (χ0v) is 12.3. The van der Waals surface area contributed by atoms with Crippen molar-refractivity contribution < 1.29 is 9.53 Å². The highest BCUT2D eigenvalue weighted by molar-refractivity contribution is 7.11. The predicted octanol–water partition coefficient (Wildman–Crippen LogP) is 2.67. The third-order valence-corrected chi connectivity index (χ3v) is 4.61. The van der Waals surface area contributed by atoms with Crippen molar-refractivity contribution >= 4 is 28.3 Å². The molecule has 0 saturated heterocycles. The molecule has 0 unspecified atom stereocenters. The molecular formula is C13H21N3O2S. The molecule has 19 heavy (non-hydrogen) atoms. The fourth-order valence-corrected chi connectivity index (χ4v) is 3.68. The lowest BCUT2D eigenvalue weighted by Crippen LogP contribution is -2.37. The first kappa shape index (κ1) is 14.1. The van der Waals surface area contributed by atoms with Crippen LogP contribution in [0.1, 0.15) is 49.4 Å². The van der Waals surface area contributed by atoms with E-state index in [1.807, 2.05) is 0 Å². The molecule has 2 N–H and O–H groups in total. The minimum atomic E-state index is -0.393. The molecular weight excluding hydrogens is 262 g/mol. The number of ether oxygens (including phenoxy) is 1. The lowest BCUT2D eigenvalue weighted by Gasteiger charge is -2.34. The Morgan fingerprint density at radius 3 is 2.74 bits per heavy atom. The first-order valence-corrected chi connectivity index (χ1v) is 7.56. The van der Waals surface area contributed by atoms with Crippen molar-refractivity contribution in [3.63, 3.8) is 0 Å². The van der Waals surface area contributed by atoms with Crippen molar-refractivity contribution in [2.45, 2.75) is 45.1 Å². The molecule has 0 atom stereocenters. The second-order valence-electron chi connectivity index (χ2n) is 4.82. The summed E-state index contributed by atoms with van der Waals surface area (Å²) in [7, 11) is 1.38. The van der Waals surface area contributed by atoms with Crippen LogP contribution < -0.4 is 10.6 Å². The van der Waals surface area contributed by atoms with Crippen LogP contribution in [0.25, 0.3) is 0 Å². The maximum Gasteiger partial charge on any atom is 0.344 e. The van der Waals surface area contributed by atoms with E-state index in [2.05, 4.69) is 16.2 Å². The lowest BCUT2D eigenvalue weighted by atomic mass is 9.94. The third-order valence-electron chi connectivity index (χ3n) is 3.71. The number of anilines is 2. The number of nitrogen functional groups attached to an aromatic ring is 1. The average molecular weight is 283 g/mol. The Bertz CT molecular complexity index is 441. The minimum Gasteiger partial charge on any atom is -0.465 e. The largest absolute Gasteiger partial charge is 0.465 e. The number of hydrogen-bond donors (Lipinski definition) is 1. The molecule has 0 radical (unpaired) electrons. The van der Waals surface area contributed by atoms with E-state index in [1.54, 1.807) is 0 Å². The van der Waals surface area contributed by atoms with Gasteiger partial charge in [-0.1, -0.05) is 19.3 Å². The number of nitrogens with zero attached hydrogens (tertiary/aromatic N) is 2. The van der Waals surface area contributed by atoms with Crippen molar-refractivity contribution in [1.82, 2.24) is 4.37 Å². The fourth-order valence-electron chi connectivity index (χ4n) is 2.74. The molecule has 1 aliphatic carbocycles. The van der Waals surface area contributed by atoms with Crippen molar-refractivity contribution in [3.8, 4) is 0 Å². The SMILES string of the molecule is CCN(c1snc(N)c1C(=O)OC)C1CCCCC1. The van der Waals surface area contributed by atoms with Crippen molar-refractivity contribution in [2.75, 3.05) is 24.3 Å². The fraction of sp³-hybridized carbons (Fsp3) is 0.692. The molecule has 0 bridgehead atoms. The quantitative estimate of drug-likeness (QED) is 0.860. The molecule has 1 aromatic rings. The van der Waals surface area contributed by atoms with Gasteiger partial charge in [0.25, 0.3) is 0 Å². The van der Waals surface area contributed by atoms with Crippen molar-refractivity contribution in [2.24, 2.45) is 0 Å². The Balaban J connectivity index is 2.29. The van der Waals surface area contributed by atoms with E-state index in [9.17, 15) is 4.79 Å². The second kappa shape index (κ2) is 6.23. The Hall–Kier alpha value is -1.30. The van der Waals surface area contributed by atoms with Gasteiger partial charge in [-0.15, -0.1) is 0 Å². The predicted molar refractivity (Wildman–Crippen MR) is 77.8 cm³/mol. The Morgan fingerprint density at radius 2 is 2.16 bits per heavy atom. The Labute approximate surface area is 117 Å². The van der Waals surface area contributed by atoms with E-state index < -0.39 is 5.97 Å². The van der Waals surface area contributed by atoms with Gasteiger partial charge < -0.3 is 15.4 Å². The van der Waals surface area contributed by atoms with E-state index in [-0.39, 0.29) is 5.82 Å². The van der Waals surface area contributed by atoms with Gasteiger partial charge in [-0.25, -0.2) is 4.79 Å². The van der Waals surface area contributed by atoms with Gasteiger partial charge in [-0.05, 0) is 31.3 Å². The summed E-state index contributed by atoms with van der Waals surface area (Å²) in [5.74, 6) is -0.114. The van der Waals surface area contributed by atoms with E-state index in [4.69, 9.17) is 10.5 Å². The number of aromatic nitrogens is 1. The smallest absolute Gasteiger partial charge is 0.344 e. The van der Waals surface area contributed by atoms with Crippen LogP contribution in [-0.2, 0) is 4.74 Å². The van der Waals surface area contributed by atoms with Gasteiger partial charge in [0.05, 0.1) is 7.11 Å². The summed E-state index contributed by atoms with van der Waals surface area (Å²) in [6.07, 6.45) is 6.16. The van der Waals surface area contributed by atoms with Gasteiger partial charge in [0.1, 0.15) is 10.6 Å². The first-order chi connectivity index (χ1) is 9.19. The highest BCUT2D eigenvalue weighted by atomic mass is 32.1. The number of methoxy groups -OCH3 is 1. The van der Waals surface area contributed by atoms with Gasteiger partial charge in [0, 0.05) is 12.6 Å². The zero-order valence-electron chi connectivity index (χ0n) is 11.5. The van der Waals surface area contributed by atoms with Gasteiger partial charge in [0.2, 0.25) is 0 Å². The third kappa shape index (κ3) is 2.83. The second-order valence-corrected chi connectivity index (χ2v) is 5.57. The Morgan fingerprint density at radius 1 is 1.47 bits per heavy atom. The highest BCUT2D eigenvalue weighted by Crippen LogP contribution is 2.35. The summed E-state index contributed by atoms with van der Waals surface area (Å²) in [5, 5.41) is 0.860. The number of carbonyl (C=O) groups is 1. The average Bonchev–Trinajstić information content (AvgIpc) is 2.82. The van der Waals surface area contributed by atoms with Gasteiger partial charge in [-0.2, -0.15) is 4.37 Å². The van der Waals surface area contributed by atoms with Crippen LogP contribution in [0.15, 0.2) is 0 Å². The number of rotatable bonds is 4. The molecule has 5 nitrogen and oxygen atoms in total. The summed E-state index contributed by atoms with van der Waals surface area (Å²) in [5.41, 5.74) is 6.24. The van der Waals surface area contributed by atoms with Crippen LogP contribution >= 0.6 is 11.5 Å². The zero-order chi connectivity index (χ0) is 13.8. The maximum absolute atomic E-state index is 11.9. The van der Waals surface area contributed by atoms with Crippen molar-refractivity contribution in [1.29, 1.82) is 0 Å². The molecule has 0 spiro atoms. The molecule has 1 saturated carbocycles. The van der Waals surface area contributed by atoms with Gasteiger partial charge in [-0.3, -0.25) is 0 Å². The monoisotopic (exact) mass is 283 g/mol. The molecule has 0 aromatic carbocycles. The molecule has 1 aliphatic rings. The van der Waals surface area contributed by atoms with Crippen LogP contribution in [0.3, 0.4) is 0 Å². The molecule has 0 aliphatic heterocycles. The lowest BCUT2D eigenvalue weighted by molar-refractivity contribution is 0.0603. The van der Waals surface area contributed by atoms with Gasteiger partial charge >= 0.3 is 5.97 Å². The first-order valence-electron chi connectivity index (χ1n) is 6.79. The summed E-state index contributed by atoms with van der Waals surface area (Å²) in [4.78, 5) is 14.1. The van der Waals surface area contributed by atoms with Crippen molar-refractivity contribution in [3.05, 3.63) is 5.56 Å². The summed E-state index contributed by atoms with van der Waals surface area (Å²) in [6.45, 7) is 2.96. The summed E-state index contributed by atoms with van der Waals surface area (Å²) in [6, 6.07) is 0.488. The van der Waals surface area contributed by atoms with Crippen LogP contribution in [-0.4, -0.2) is 30.0 Å². The highest BCUT2D eigenvalue weighted by Gasteiger charge is 2.28. The standard InChI is InChI=1S/C13H21N3O2S/c1-3-16(9-7-5-4-6-8-9)12-10(13(17)18-2)11(14)15-19-12/h9H,3-8H2,1-2H3,(H2,14,15). The molecule has 0 amide bonds. The topological polar surface area (TPSA) is 68.5 Å². The number of nitrogens with two attached hydrogens (primary N) is 1. The number of esters is 1. The van der Waals surface area contributed by atoms with Crippen LogP contribution in [0.5, 0.6) is 0 Å². The number of hydrogen-bond acceptors (Lipinski definition) is 6. The van der Waals surface area contributed by atoms with E-state index >= 15 is 0 Å². The van der Waals surface area contributed by atoms with Crippen LogP contribution in [0, 0.1) is 0 Å². The minimum absolute atomic E-state index is 0.279. The summed E-state index contributed by atoms with van der Waals surface area (Å²) < 4.78 is 8.95. The molecule has 6 heteroatoms. The molecule has 2 rings (SSSR count). The van der Waals surface area contributed by atoms with E-state index in [0.717, 1.165) is 11.5 Å². The Kier molecular flexibility index (Phi) is 4.63. The molecule has 1 fully saturated rings. The van der Waals surface area contributed by atoms with Crippen LogP contribution in [0.2, 0.25) is 0 Å². The normalized spacial score (nSPS) is 16.3. The summed E-state index contributed by atoms with van der Waals surface area (Å²) >= 11 is 1.30. The van der Waals surface area contributed by atoms with Gasteiger partial charge in [0.15, 0.2) is 5.82 Å². The number of carbonyl (C=O) groups excluding carboxylic acids is 1. The molecule has 1 heterocycles. The molecule has 106 valence electrons. The van der Waals surface area contributed by atoms with E-state index in [1.165, 1.54) is 50.7 Å². The molecule has 1 aromatic heterocycles.